The lowest BCUT2D eigenvalue weighted by atomic mass is 10.2. The monoisotopic (exact) mass is 301 g/mol. The van der Waals surface area contributed by atoms with Crippen LogP contribution in [0.5, 0.6) is 0 Å². The zero-order valence-corrected chi connectivity index (χ0v) is 14.1. The number of amidine groups is 1. The first kappa shape index (κ1) is 17.9. The van der Waals surface area contributed by atoms with Gasteiger partial charge in [0, 0.05) is 19.8 Å². The molecule has 1 unspecified atom stereocenters. The largest absolute Gasteiger partial charge is 0.378 e. The van der Waals surface area contributed by atoms with E-state index in [9.17, 15) is 0 Å². The number of nitrogens with zero attached hydrogens (tertiary/aromatic N) is 2. The van der Waals surface area contributed by atoms with Gasteiger partial charge in [-0.3, -0.25) is 15.7 Å². The molecule has 0 aliphatic carbocycles. The highest BCUT2D eigenvalue weighted by Gasteiger charge is 2.19. The third-order valence-corrected chi connectivity index (χ3v) is 3.44. The van der Waals surface area contributed by atoms with E-state index in [2.05, 4.69) is 34.7 Å². The molecule has 1 aromatic carbocycles. The molecule has 5 nitrogen and oxygen atoms in total. The van der Waals surface area contributed by atoms with E-state index in [4.69, 9.17) is 5.41 Å². The molecule has 0 heterocycles. The number of allylic oxidation sites excluding steroid dienone is 1. The van der Waals surface area contributed by atoms with Crippen molar-refractivity contribution in [2.45, 2.75) is 20.0 Å². The van der Waals surface area contributed by atoms with Crippen LogP contribution in [-0.4, -0.2) is 50.3 Å². The predicted octanol–water partition coefficient (Wildman–Crippen LogP) is 2.51. The van der Waals surface area contributed by atoms with E-state index in [0.29, 0.717) is 12.4 Å². The number of likely N-dealkylation sites (N-methyl/N-ethyl adjacent to an activating group) is 1. The molecule has 0 aliphatic rings. The molecular weight excluding hydrogens is 274 g/mol. The summed E-state index contributed by atoms with van der Waals surface area (Å²) in [4.78, 5) is 6.17. The number of aliphatic imine (C=N–C) groups is 1. The van der Waals surface area contributed by atoms with Gasteiger partial charge < -0.3 is 10.2 Å². The molecule has 1 atom stereocenters. The van der Waals surface area contributed by atoms with Gasteiger partial charge in [-0.15, -0.1) is 0 Å². The van der Waals surface area contributed by atoms with E-state index >= 15 is 0 Å². The Morgan fingerprint density at radius 1 is 1.45 bits per heavy atom. The Morgan fingerprint density at radius 3 is 2.73 bits per heavy atom. The second-order valence-corrected chi connectivity index (χ2v) is 5.12. The van der Waals surface area contributed by atoms with Crippen LogP contribution in [0.4, 0.5) is 5.69 Å². The van der Waals surface area contributed by atoms with Crippen LogP contribution in [0.15, 0.2) is 41.4 Å². The second-order valence-electron chi connectivity index (χ2n) is 5.12. The SMILES string of the molecule is C/C=C\C(=NC)C(NC)N(C)C(=N)CNc1cccc(C)c1. The minimum Gasteiger partial charge on any atom is -0.378 e. The maximum Gasteiger partial charge on any atom is 0.123 e. The number of hydrogen-bond acceptors (Lipinski definition) is 4. The number of hydrogen-bond donors (Lipinski definition) is 3. The summed E-state index contributed by atoms with van der Waals surface area (Å²) >= 11 is 0. The van der Waals surface area contributed by atoms with E-state index in [1.54, 1.807) is 7.05 Å². The number of nitrogens with one attached hydrogen (secondary N) is 3. The fourth-order valence-corrected chi connectivity index (χ4v) is 2.22. The topological polar surface area (TPSA) is 63.5 Å². The molecule has 0 spiro atoms. The first-order valence-electron chi connectivity index (χ1n) is 7.41. The van der Waals surface area contributed by atoms with E-state index in [-0.39, 0.29) is 6.17 Å². The summed E-state index contributed by atoms with van der Waals surface area (Å²) < 4.78 is 0. The maximum absolute atomic E-state index is 8.28. The average molecular weight is 301 g/mol. The highest BCUT2D eigenvalue weighted by atomic mass is 15.3. The van der Waals surface area contributed by atoms with Gasteiger partial charge in [0.1, 0.15) is 12.0 Å². The highest BCUT2D eigenvalue weighted by Crippen LogP contribution is 2.09. The Morgan fingerprint density at radius 2 is 2.18 bits per heavy atom. The molecule has 0 fully saturated rings. The van der Waals surface area contributed by atoms with E-state index in [1.807, 2.05) is 50.2 Å². The quantitative estimate of drug-likeness (QED) is 0.412. The second kappa shape index (κ2) is 9.00. The van der Waals surface area contributed by atoms with E-state index < -0.39 is 0 Å². The Bertz CT molecular complexity index is 548. The number of benzene rings is 1. The van der Waals surface area contributed by atoms with Crippen molar-refractivity contribution in [2.75, 3.05) is 33.0 Å². The molecule has 0 amide bonds. The van der Waals surface area contributed by atoms with Crippen molar-refractivity contribution in [3.8, 4) is 0 Å². The normalized spacial score (nSPS) is 13.2. The van der Waals surface area contributed by atoms with Crippen LogP contribution >= 0.6 is 0 Å². The van der Waals surface area contributed by atoms with E-state index in [0.717, 1.165) is 11.4 Å². The van der Waals surface area contributed by atoms with E-state index in [1.165, 1.54) is 5.56 Å². The first-order valence-corrected chi connectivity index (χ1v) is 7.41. The van der Waals surface area contributed by atoms with Gasteiger partial charge in [-0.2, -0.15) is 0 Å². The standard InChI is InChI=1S/C17H27N5/c1-6-8-15(19-3)17(20-4)22(5)16(18)12-21-14-10-7-9-13(2)11-14/h6-11,17-18,20-21H,12H2,1-5H3/b8-6-,18-16?,19-15?. The lowest BCUT2D eigenvalue weighted by molar-refractivity contribution is 0.399. The van der Waals surface area contributed by atoms with Gasteiger partial charge >= 0.3 is 0 Å². The number of anilines is 1. The first-order chi connectivity index (χ1) is 10.5. The summed E-state index contributed by atoms with van der Waals surface area (Å²) in [5.41, 5.74) is 3.12. The summed E-state index contributed by atoms with van der Waals surface area (Å²) in [5, 5.41) is 14.8. The molecule has 0 radical (unpaired) electrons. The molecule has 0 saturated heterocycles. The van der Waals surface area contributed by atoms with Crippen LogP contribution in [0.25, 0.3) is 0 Å². The van der Waals surface area contributed by atoms with Crippen molar-refractivity contribution in [3.05, 3.63) is 42.0 Å². The van der Waals surface area contributed by atoms with Crippen LogP contribution in [0.1, 0.15) is 12.5 Å². The van der Waals surface area contributed by atoms with Crippen LogP contribution in [0.2, 0.25) is 0 Å². The molecule has 1 rings (SSSR count). The average Bonchev–Trinajstić information content (AvgIpc) is 2.52. The molecule has 3 N–H and O–H groups in total. The van der Waals surface area contributed by atoms with Crippen molar-refractivity contribution in [1.82, 2.24) is 10.2 Å². The van der Waals surface area contributed by atoms with Gasteiger partial charge in [0.05, 0.1) is 12.3 Å². The smallest absolute Gasteiger partial charge is 0.123 e. The van der Waals surface area contributed by atoms with Crippen LogP contribution in [-0.2, 0) is 0 Å². The third kappa shape index (κ3) is 5.00. The molecule has 1 aromatic rings. The fraction of sp³-hybridized carbons (Fsp3) is 0.412. The Kier molecular flexibility index (Phi) is 7.32. The molecular formula is C17H27N5. The van der Waals surface area contributed by atoms with Crippen LogP contribution in [0.3, 0.4) is 0 Å². The van der Waals surface area contributed by atoms with Crippen molar-refractivity contribution in [2.24, 2.45) is 4.99 Å². The summed E-state index contributed by atoms with van der Waals surface area (Å²) in [7, 11) is 5.54. The van der Waals surface area contributed by atoms with Crippen molar-refractivity contribution < 1.29 is 0 Å². The minimum absolute atomic E-state index is 0.118. The van der Waals surface area contributed by atoms with Gasteiger partial charge in [-0.05, 0) is 44.7 Å². The Hall–Kier alpha value is -2.14. The Labute approximate surface area is 133 Å². The lowest BCUT2D eigenvalue weighted by Crippen LogP contribution is -2.51. The molecule has 0 bridgehead atoms. The summed E-state index contributed by atoms with van der Waals surface area (Å²) in [5.74, 6) is 0.492. The van der Waals surface area contributed by atoms with Gasteiger partial charge in [0.2, 0.25) is 0 Å². The highest BCUT2D eigenvalue weighted by molar-refractivity contribution is 6.01. The minimum atomic E-state index is -0.118. The number of aryl methyl sites for hydroxylation is 1. The molecule has 0 aliphatic heterocycles. The Balaban J connectivity index is 2.70. The van der Waals surface area contributed by atoms with Crippen molar-refractivity contribution in [3.63, 3.8) is 0 Å². The summed E-state index contributed by atoms with van der Waals surface area (Å²) in [6.07, 6.45) is 3.79. The lowest BCUT2D eigenvalue weighted by Gasteiger charge is -2.30. The van der Waals surface area contributed by atoms with Crippen LogP contribution in [0, 0.1) is 12.3 Å². The van der Waals surface area contributed by atoms with Crippen molar-refractivity contribution in [1.29, 1.82) is 5.41 Å². The molecule has 0 aromatic heterocycles. The van der Waals surface area contributed by atoms with Crippen LogP contribution < -0.4 is 10.6 Å². The third-order valence-electron chi connectivity index (χ3n) is 3.44. The van der Waals surface area contributed by atoms with Gasteiger partial charge in [0.25, 0.3) is 0 Å². The zero-order valence-electron chi connectivity index (χ0n) is 14.1. The van der Waals surface area contributed by atoms with Gasteiger partial charge in [-0.25, -0.2) is 0 Å². The molecule has 5 heteroatoms. The van der Waals surface area contributed by atoms with Gasteiger partial charge in [0.15, 0.2) is 0 Å². The van der Waals surface area contributed by atoms with Crippen molar-refractivity contribution >= 4 is 17.2 Å². The molecule has 0 saturated carbocycles. The zero-order chi connectivity index (χ0) is 16.5. The molecule has 120 valence electrons. The maximum atomic E-state index is 8.28. The summed E-state index contributed by atoms with van der Waals surface area (Å²) in [6.45, 7) is 4.48. The summed E-state index contributed by atoms with van der Waals surface area (Å²) in [6, 6.07) is 8.15. The predicted molar refractivity (Wildman–Crippen MR) is 96.2 cm³/mol. The van der Waals surface area contributed by atoms with Gasteiger partial charge in [-0.1, -0.05) is 18.2 Å². The fourth-order valence-electron chi connectivity index (χ4n) is 2.22. The molecule has 22 heavy (non-hydrogen) atoms. The number of rotatable bonds is 7.